The van der Waals surface area contributed by atoms with Crippen LogP contribution in [0, 0.1) is 5.92 Å². The van der Waals surface area contributed by atoms with Crippen molar-refractivity contribution in [3.05, 3.63) is 72.1 Å². The summed E-state index contributed by atoms with van der Waals surface area (Å²) in [4.78, 5) is 29.4. The second kappa shape index (κ2) is 12.5. The molecule has 1 aromatic heterocycles. The summed E-state index contributed by atoms with van der Waals surface area (Å²) in [5, 5.41) is 9.86. The van der Waals surface area contributed by atoms with E-state index >= 15 is 0 Å². The molecule has 190 valence electrons. The number of hydrogen-bond acceptors (Lipinski definition) is 6. The van der Waals surface area contributed by atoms with Gasteiger partial charge in [-0.2, -0.15) is 0 Å². The van der Waals surface area contributed by atoms with E-state index in [4.69, 9.17) is 14.6 Å². The zero-order valence-electron chi connectivity index (χ0n) is 20.3. The molecule has 8 nitrogen and oxygen atoms in total. The number of aryl methyl sites for hydroxylation is 2. The molecular formula is C27H31N3O5S. The van der Waals surface area contributed by atoms with E-state index in [-0.39, 0.29) is 12.5 Å². The Balaban J connectivity index is 1.15. The summed E-state index contributed by atoms with van der Waals surface area (Å²) in [5.41, 5.74) is 1.93. The Morgan fingerprint density at radius 3 is 2.33 bits per heavy atom. The third-order valence-electron chi connectivity index (χ3n) is 6.16. The molecule has 1 amide bonds. The molecule has 0 radical (unpaired) electrons. The third-order valence-corrected chi connectivity index (χ3v) is 7.22. The van der Waals surface area contributed by atoms with Crippen LogP contribution in [0.2, 0.25) is 0 Å². The predicted molar refractivity (Wildman–Crippen MR) is 138 cm³/mol. The Labute approximate surface area is 215 Å². The van der Waals surface area contributed by atoms with Crippen LogP contribution >= 0.6 is 11.8 Å². The highest BCUT2D eigenvalue weighted by atomic mass is 32.2. The van der Waals surface area contributed by atoms with Gasteiger partial charge < -0.3 is 24.0 Å². The van der Waals surface area contributed by atoms with Crippen molar-refractivity contribution in [1.82, 2.24) is 14.5 Å². The van der Waals surface area contributed by atoms with E-state index in [0.29, 0.717) is 31.4 Å². The first-order chi connectivity index (χ1) is 17.5. The summed E-state index contributed by atoms with van der Waals surface area (Å²) in [7, 11) is 1.99. The van der Waals surface area contributed by atoms with Crippen LogP contribution in [0.4, 0.5) is 4.79 Å². The molecule has 3 aromatic rings. The number of aromatic nitrogens is 2. The Kier molecular flexibility index (Phi) is 8.89. The first kappa shape index (κ1) is 25.6. The number of thioether (sulfide) groups is 1. The molecule has 1 fully saturated rings. The fourth-order valence-corrected chi connectivity index (χ4v) is 4.94. The number of carboxylic acids is 1. The zero-order chi connectivity index (χ0) is 25.3. The number of rotatable bonds is 10. The molecule has 0 atom stereocenters. The summed E-state index contributed by atoms with van der Waals surface area (Å²) in [5.74, 6) is 1.72. The lowest BCUT2D eigenvalue weighted by Gasteiger charge is -2.31. The lowest BCUT2D eigenvalue weighted by Crippen LogP contribution is -2.41. The molecule has 0 spiro atoms. The molecule has 1 aliphatic rings. The van der Waals surface area contributed by atoms with Crippen LogP contribution in [-0.2, 0) is 24.7 Å². The first-order valence-electron chi connectivity index (χ1n) is 12.1. The van der Waals surface area contributed by atoms with E-state index < -0.39 is 5.97 Å². The number of piperidine rings is 1. The minimum absolute atomic E-state index is 0.00470. The largest absolute Gasteiger partial charge is 0.493 e. The van der Waals surface area contributed by atoms with Gasteiger partial charge in [-0.25, -0.2) is 9.78 Å². The van der Waals surface area contributed by atoms with Gasteiger partial charge in [0.1, 0.15) is 11.5 Å². The van der Waals surface area contributed by atoms with Crippen molar-refractivity contribution in [3.63, 3.8) is 0 Å². The summed E-state index contributed by atoms with van der Waals surface area (Å²) in [6, 6.07) is 14.8. The molecule has 36 heavy (non-hydrogen) atoms. The molecule has 0 unspecified atom stereocenters. The number of carboxylic acid groups (broad SMARTS) is 1. The maximum Gasteiger partial charge on any atom is 0.415 e. The molecule has 1 N–H and O–H groups in total. The lowest BCUT2D eigenvalue weighted by molar-refractivity contribution is -0.136. The second-order valence-electron chi connectivity index (χ2n) is 8.89. The van der Waals surface area contributed by atoms with E-state index in [9.17, 15) is 9.59 Å². The van der Waals surface area contributed by atoms with Crippen LogP contribution in [0.25, 0.3) is 0 Å². The highest BCUT2D eigenvalue weighted by molar-refractivity contribution is 7.99. The quantitative estimate of drug-likeness (QED) is 0.397. The van der Waals surface area contributed by atoms with E-state index in [0.717, 1.165) is 41.5 Å². The predicted octanol–water partition coefficient (Wildman–Crippen LogP) is 4.67. The Bertz CT molecular complexity index is 1140. The van der Waals surface area contributed by atoms with Gasteiger partial charge in [-0.15, -0.1) is 0 Å². The maximum absolute atomic E-state index is 12.6. The van der Waals surface area contributed by atoms with E-state index in [1.165, 1.54) is 5.56 Å². The van der Waals surface area contributed by atoms with Crippen LogP contribution in [0.1, 0.15) is 24.0 Å². The van der Waals surface area contributed by atoms with Crippen molar-refractivity contribution in [2.45, 2.75) is 30.8 Å². The summed E-state index contributed by atoms with van der Waals surface area (Å²) in [6.07, 6.45) is 6.03. The standard InChI is InChI=1S/C27H31N3O5S/c1-29-16-13-28-26(29)36-17-12-20-2-8-24(9-3-20)35-27(33)30-14-10-22(11-15-30)19-34-23-6-4-21(5-7-23)18-25(31)32/h2-9,13,16,22H,10-12,14-15,17-19H2,1H3,(H,31,32). The van der Waals surface area contributed by atoms with Crippen molar-refractivity contribution in [2.75, 3.05) is 25.4 Å². The Hall–Kier alpha value is -3.46. The number of nitrogens with zero attached hydrogens (tertiary/aromatic N) is 3. The van der Waals surface area contributed by atoms with Gasteiger partial charge in [0.2, 0.25) is 0 Å². The monoisotopic (exact) mass is 509 g/mol. The molecule has 1 saturated heterocycles. The fourth-order valence-electron chi connectivity index (χ4n) is 4.02. The minimum Gasteiger partial charge on any atom is -0.493 e. The molecular weight excluding hydrogens is 478 g/mol. The van der Waals surface area contributed by atoms with E-state index in [1.807, 2.05) is 42.1 Å². The zero-order valence-corrected chi connectivity index (χ0v) is 21.2. The SMILES string of the molecule is Cn1ccnc1SCCc1ccc(OC(=O)N2CCC(COc3ccc(CC(=O)O)cc3)CC2)cc1. The van der Waals surface area contributed by atoms with Gasteiger partial charge in [0.25, 0.3) is 0 Å². The fraction of sp³-hybridized carbons (Fsp3) is 0.370. The molecule has 4 rings (SSSR count). The van der Waals surface area contributed by atoms with Gasteiger partial charge in [-0.05, 0) is 60.6 Å². The average molecular weight is 510 g/mol. The van der Waals surface area contributed by atoms with Gasteiger partial charge in [0.15, 0.2) is 5.16 Å². The van der Waals surface area contributed by atoms with Crippen LogP contribution in [0.15, 0.2) is 66.1 Å². The average Bonchev–Trinajstić information content (AvgIpc) is 3.29. The number of aliphatic carboxylic acids is 1. The van der Waals surface area contributed by atoms with Crippen molar-refractivity contribution >= 4 is 23.8 Å². The molecule has 0 aliphatic carbocycles. The van der Waals surface area contributed by atoms with Crippen LogP contribution in [-0.4, -0.2) is 57.1 Å². The van der Waals surface area contributed by atoms with E-state index in [2.05, 4.69) is 4.98 Å². The molecule has 2 heterocycles. The van der Waals surface area contributed by atoms with Crippen molar-refractivity contribution < 1.29 is 24.2 Å². The van der Waals surface area contributed by atoms with Gasteiger partial charge in [0, 0.05) is 38.3 Å². The highest BCUT2D eigenvalue weighted by Crippen LogP contribution is 2.22. The van der Waals surface area contributed by atoms with Crippen LogP contribution in [0.5, 0.6) is 11.5 Å². The molecule has 2 aromatic carbocycles. The second-order valence-corrected chi connectivity index (χ2v) is 9.95. The van der Waals surface area contributed by atoms with Crippen molar-refractivity contribution in [3.8, 4) is 11.5 Å². The number of benzene rings is 2. The number of imidazole rings is 1. The number of ether oxygens (including phenoxy) is 2. The normalized spacial score (nSPS) is 14.0. The summed E-state index contributed by atoms with van der Waals surface area (Å²) >= 11 is 1.72. The van der Waals surface area contributed by atoms with Gasteiger partial charge in [0.05, 0.1) is 13.0 Å². The first-order valence-corrected chi connectivity index (χ1v) is 13.0. The van der Waals surface area contributed by atoms with Gasteiger partial charge >= 0.3 is 12.1 Å². The lowest BCUT2D eigenvalue weighted by atomic mass is 9.98. The molecule has 0 bridgehead atoms. The van der Waals surface area contributed by atoms with Gasteiger partial charge in [-0.3, -0.25) is 4.79 Å². The maximum atomic E-state index is 12.6. The molecule has 0 saturated carbocycles. The third kappa shape index (κ3) is 7.52. The summed E-state index contributed by atoms with van der Waals surface area (Å²) < 4.78 is 13.5. The van der Waals surface area contributed by atoms with Crippen LogP contribution < -0.4 is 9.47 Å². The number of amides is 1. The number of hydrogen-bond donors (Lipinski definition) is 1. The summed E-state index contributed by atoms with van der Waals surface area (Å²) in [6.45, 7) is 1.83. The number of likely N-dealkylation sites (tertiary alicyclic amines) is 1. The number of carbonyl (C=O) groups excluding carboxylic acids is 1. The van der Waals surface area contributed by atoms with E-state index in [1.54, 1.807) is 47.1 Å². The Morgan fingerprint density at radius 1 is 1.03 bits per heavy atom. The smallest absolute Gasteiger partial charge is 0.415 e. The molecule has 9 heteroatoms. The van der Waals surface area contributed by atoms with Crippen molar-refractivity contribution in [1.29, 1.82) is 0 Å². The van der Waals surface area contributed by atoms with Crippen LogP contribution in [0.3, 0.4) is 0 Å². The van der Waals surface area contributed by atoms with Crippen molar-refractivity contribution in [2.24, 2.45) is 13.0 Å². The Morgan fingerprint density at radius 2 is 1.69 bits per heavy atom. The van der Waals surface area contributed by atoms with Gasteiger partial charge in [-0.1, -0.05) is 36.0 Å². The molecule has 1 aliphatic heterocycles. The number of carbonyl (C=O) groups is 2. The highest BCUT2D eigenvalue weighted by Gasteiger charge is 2.24. The minimum atomic E-state index is -0.849. The topological polar surface area (TPSA) is 93.9 Å².